The Morgan fingerprint density at radius 1 is 1.35 bits per heavy atom. The summed E-state index contributed by atoms with van der Waals surface area (Å²) in [5.41, 5.74) is 11.2. The lowest BCUT2D eigenvalue weighted by atomic mass is 10.0. The highest BCUT2D eigenvalue weighted by Gasteiger charge is 2.20. The molecule has 104 valence electrons. The Bertz CT molecular complexity index is 576. The van der Waals surface area contributed by atoms with E-state index in [1.807, 2.05) is 0 Å². The van der Waals surface area contributed by atoms with E-state index in [4.69, 9.17) is 10.6 Å². The fraction of sp³-hybridized carbons (Fsp3) is 0.250. The molecule has 1 rings (SSSR count). The Kier molecular flexibility index (Phi) is 5.25. The van der Waals surface area contributed by atoms with E-state index < -0.39 is 23.6 Å². The van der Waals surface area contributed by atoms with E-state index in [-0.39, 0.29) is 12.0 Å². The molecule has 0 radical (unpaired) electrons. The lowest BCUT2D eigenvalue weighted by Crippen LogP contribution is -2.34. The van der Waals surface area contributed by atoms with Crippen molar-refractivity contribution in [1.82, 2.24) is 5.43 Å². The van der Waals surface area contributed by atoms with E-state index in [1.165, 1.54) is 19.1 Å². The van der Waals surface area contributed by atoms with Crippen LogP contribution < -0.4 is 5.43 Å². The van der Waals surface area contributed by atoms with Crippen molar-refractivity contribution >= 4 is 17.5 Å². The number of hydrogen-bond acceptors (Lipinski definition) is 4. The lowest BCUT2D eigenvalue weighted by Gasteiger charge is -2.08. The standard InChI is InChI=1S/C12H12N4O4/c1-7(17)11(18)9-4-2-8(3-5-9)6-10(12(19)20)14-16-15-13/h2-5,10,14H,6H2,1H3,(H,19,20)/t10-/m0/s1. The van der Waals surface area contributed by atoms with Crippen LogP contribution in [0.25, 0.3) is 10.4 Å². The zero-order valence-corrected chi connectivity index (χ0v) is 10.6. The van der Waals surface area contributed by atoms with Crippen LogP contribution in [0.3, 0.4) is 0 Å². The van der Waals surface area contributed by atoms with E-state index in [0.29, 0.717) is 5.56 Å². The number of aliphatic carboxylic acids is 1. The molecule has 2 N–H and O–H groups in total. The molecule has 0 heterocycles. The molecular formula is C12H12N4O4. The van der Waals surface area contributed by atoms with Gasteiger partial charge in [-0.2, -0.15) is 4.91 Å². The minimum atomic E-state index is -1.17. The van der Waals surface area contributed by atoms with Crippen molar-refractivity contribution in [2.45, 2.75) is 19.4 Å². The van der Waals surface area contributed by atoms with Crippen LogP contribution in [-0.4, -0.2) is 28.7 Å². The Balaban J connectivity index is 2.82. The molecule has 8 nitrogen and oxygen atoms in total. The highest BCUT2D eigenvalue weighted by Crippen LogP contribution is 2.08. The summed E-state index contributed by atoms with van der Waals surface area (Å²) in [7, 11) is 0. The maximum Gasteiger partial charge on any atom is 0.349 e. The number of ketones is 2. The van der Waals surface area contributed by atoms with E-state index in [2.05, 4.69) is 15.6 Å². The van der Waals surface area contributed by atoms with Crippen LogP contribution in [0.1, 0.15) is 22.8 Å². The minimum absolute atomic E-state index is 0.0723. The van der Waals surface area contributed by atoms with Gasteiger partial charge in [0, 0.05) is 18.9 Å². The molecule has 0 saturated carbocycles. The molecule has 0 fully saturated rings. The zero-order valence-electron chi connectivity index (χ0n) is 10.6. The van der Waals surface area contributed by atoms with Crippen LogP contribution in [0, 0.1) is 0 Å². The maximum absolute atomic E-state index is 11.4. The zero-order chi connectivity index (χ0) is 15.1. The topological polar surface area (TPSA) is 132 Å². The molecule has 1 aromatic carbocycles. The highest BCUT2D eigenvalue weighted by atomic mass is 16.4. The van der Waals surface area contributed by atoms with Gasteiger partial charge in [-0.3, -0.25) is 9.59 Å². The summed E-state index contributed by atoms with van der Waals surface area (Å²) in [6.07, 6.45) is 0.0723. The van der Waals surface area contributed by atoms with Crippen LogP contribution in [0.2, 0.25) is 0 Å². The van der Waals surface area contributed by atoms with Crippen molar-refractivity contribution in [1.29, 1.82) is 0 Å². The van der Waals surface area contributed by atoms with Gasteiger partial charge in [0.25, 0.3) is 0 Å². The Labute approximate surface area is 114 Å². The molecule has 20 heavy (non-hydrogen) atoms. The van der Waals surface area contributed by atoms with Crippen molar-refractivity contribution in [3.05, 3.63) is 45.8 Å². The number of azide groups is 1. The van der Waals surface area contributed by atoms with E-state index in [1.54, 1.807) is 12.1 Å². The van der Waals surface area contributed by atoms with Gasteiger partial charge in [0.2, 0.25) is 5.78 Å². The third kappa shape index (κ3) is 4.11. The molecule has 0 spiro atoms. The molecule has 1 aromatic rings. The summed E-state index contributed by atoms with van der Waals surface area (Å²) in [5, 5.41) is 11.9. The number of carbonyl (C=O) groups is 3. The van der Waals surface area contributed by atoms with Gasteiger partial charge >= 0.3 is 5.97 Å². The van der Waals surface area contributed by atoms with Gasteiger partial charge in [-0.15, -0.1) is 5.53 Å². The van der Waals surface area contributed by atoms with Crippen molar-refractivity contribution in [3.8, 4) is 0 Å². The number of nitrogens with zero attached hydrogens (tertiary/aromatic N) is 3. The smallest absolute Gasteiger partial charge is 0.349 e. The summed E-state index contributed by atoms with van der Waals surface area (Å²) < 4.78 is 0. The van der Waals surface area contributed by atoms with Crippen LogP contribution in [0.15, 0.2) is 29.5 Å². The van der Waals surface area contributed by atoms with Crippen molar-refractivity contribution < 1.29 is 19.5 Å². The van der Waals surface area contributed by atoms with Crippen molar-refractivity contribution in [2.75, 3.05) is 0 Å². The van der Waals surface area contributed by atoms with Gasteiger partial charge in [-0.25, -0.2) is 10.2 Å². The quantitative estimate of drug-likeness (QED) is 0.193. The predicted molar refractivity (Wildman–Crippen MR) is 68.9 cm³/mol. The first-order valence-corrected chi connectivity index (χ1v) is 5.62. The molecule has 0 bridgehead atoms. The lowest BCUT2D eigenvalue weighted by molar-refractivity contribution is -0.139. The van der Waals surface area contributed by atoms with Gasteiger partial charge in [-0.1, -0.05) is 24.3 Å². The Morgan fingerprint density at radius 2 is 1.95 bits per heavy atom. The third-order valence-corrected chi connectivity index (χ3v) is 2.53. The molecule has 0 aliphatic rings. The molecule has 0 aliphatic carbocycles. The molecule has 0 aromatic heterocycles. The monoisotopic (exact) mass is 276 g/mol. The number of nitrogens with one attached hydrogen (secondary N) is 1. The van der Waals surface area contributed by atoms with Crippen LogP contribution in [-0.2, 0) is 16.0 Å². The summed E-state index contributed by atoms with van der Waals surface area (Å²) in [6.45, 7) is 1.18. The summed E-state index contributed by atoms with van der Waals surface area (Å²) in [4.78, 5) is 35.7. The molecular weight excluding hydrogens is 264 g/mol. The van der Waals surface area contributed by atoms with Gasteiger partial charge in [-0.05, 0) is 10.8 Å². The van der Waals surface area contributed by atoms with Crippen LogP contribution in [0.4, 0.5) is 0 Å². The second-order valence-corrected chi connectivity index (χ2v) is 4.00. The summed E-state index contributed by atoms with van der Waals surface area (Å²) in [6, 6.07) is 4.92. The number of rotatable bonds is 7. The number of benzene rings is 1. The number of hydrogen-bond donors (Lipinski definition) is 2. The average molecular weight is 276 g/mol. The fourth-order valence-electron chi connectivity index (χ4n) is 1.51. The van der Waals surface area contributed by atoms with Gasteiger partial charge in [0.05, 0.1) is 0 Å². The van der Waals surface area contributed by atoms with Crippen molar-refractivity contribution in [2.24, 2.45) is 5.22 Å². The largest absolute Gasteiger partial charge is 0.478 e. The first-order chi connectivity index (χ1) is 9.45. The maximum atomic E-state index is 11.4. The van der Waals surface area contributed by atoms with E-state index in [0.717, 1.165) is 0 Å². The molecule has 0 unspecified atom stereocenters. The third-order valence-electron chi connectivity index (χ3n) is 2.53. The average Bonchev–Trinajstić information content (AvgIpc) is 2.42. The molecule has 1 atom stereocenters. The van der Waals surface area contributed by atoms with Gasteiger partial charge in [0.1, 0.15) is 0 Å². The van der Waals surface area contributed by atoms with Gasteiger partial charge in [0.15, 0.2) is 11.8 Å². The second kappa shape index (κ2) is 6.91. The van der Waals surface area contributed by atoms with E-state index >= 15 is 0 Å². The second-order valence-electron chi connectivity index (χ2n) is 4.00. The molecule has 8 heteroatoms. The number of carboxylic acids is 1. The summed E-state index contributed by atoms with van der Waals surface area (Å²) >= 11 is 0. The minimum Gasteiger partial charge on any atom is -0.478 e. The first kappa shape index (κ1) is 15.2. The molecule has 0 amide bonds. The van der Waals surface area contributed by atoms with Crippen molar-refractivity contribution in [3.63, 3.8) is 0 Å². The Morgan fingerprint density at radius 3 is 2.40 bits per heavy atom. The van der Waals surface area contributed by atoms with Gasteiger partial charge < -0.3 is 5.11 Å². The Hall–Kier alpha value is -2.86. The normalized spacial score (nSPS) is 11.1. The summed E-state index contributed by atoms with van der Waals surface area (Å²) in [5.74, 6) is -2.33. The predicted octanol–water partition coefficient (Wildman–Crippen LogP) is 1.27. The number of carbonyl (C=O) groups excluding carboxylic acids is 2. The van der Waals surface area contributed by atoms with E-state index in [9.17, 15) is 14.4 Å². The van der Waals surface area contributed by atoms with Crippen LogP contribution >= 0.6 is 0 Å². The number of Topliss-reactive ketones (excluding diaryl/α,β-unsaturated/α-hetero) is 2. The highest BCUT2D eigenvalue weighted by molar-refractivity contribution is 6.42. The first-order valence-electron chi connectivity index (χ1n) is 5.62. The SMILES string of the molecule is CC(=O)C(=O)c1ccc(C[C@H](NN=[N+]=[N-])C(=O)O)cc1. The molecule has 0 saturated heterocycles. The number of carboxylic acid groups (broad SMARTS) is 1. The van der Waals surface area contributed by atoms with Crippen LogP contribution in [0.5, 0.6) is 0 Å². The fourth-order valence-corrected chi connectivity index (χ4v) is 1.51. The molecule has 0 aliphatic heterocycles.